The van der Waals surface area contributed by atoms with Crippen molar-refractivity contribution in [1.29, 1.82) is 0 Å². The van der Waals surface area contributed by atoms with Crippen molar-refractivity contribution >= 4 is 63.1 Å². The maximum absolute atomic E-state index is 14.2. The van der Waals surface area contributed by atoms with Crippen molar-refractivity contribution in [2.75, 3.05) is 13.1 Å². The maximum Gasteiger partial charge on any atom is 0.243 e. The van der Waals surface area contributed by atoms with Crippen LogP contribution in [0.25, 0.3) is 21.7 Å². The summed E-state index contributed by atoms with van der Waals surface area (Å²) < 4.78 is 0. The Morgan fingerprint density at radius 1 is 0.714 bits per heavy atom. The average molecular weight is 767 g/mol. The van der Waals surface area contributed by atoms with Gasteiger partial charge >= 0.3 is 0 Å². The fraction of sp³-hybridized carbons (Fsp3) is 0.375. The second-order valence-corrected chi connectivity index (χ2v) is 13.9. The lowest BCUT2D eigenvalue weighted by atomic mass is 10.00. The van der Waals surface area contributed by atoms with E-state index in [0.29, 0.717) is 12.8 Å². The quantitative estimate of drug-likeness (QED) is 0.0662. The first kappa shape index (κ1) is 40.7. The summed E-state index contributed by atoms with van der Waals surface area (Å²) in [5, 5.41) is 16.6. The Hall–Kier alpha value is -6.45. The first-order valence-electron chi connectivity index (χ1n) is 18.8. The Bertz CT molecular complexity index is 2080. The molecule has 0 aliphatic carbocycles. The van der Waals surface area contributed by atoms with E-state index in [1.165, 1.54) is 0 Å². The van der Waals surface area contributed by atoms with Crippen molar-refractivity contribution in [3.05, 3.63) is 84.1 Å². The summed E-state index contributed by atoms with van der Waals surface area (Å²) in [7, 11) is 0. The van der Waals surface area contributed by atoms with E-state index < -0.39 is 53.7 Å². The van der Waals surface area contributed by atoms with Gasteiger partial charge < -0.3 is 48.8 Å². The first-order valence-corrected chi connectivity index (χ1v) is 18.8. The highest BCUT2D eigenvalue weighted by Crippen LogP contribution is 2.20. The number of primary amides is 1. The zero-order valence-electron chi connectivity index (χ0n) is 31.1. The molecule has 1 aromatic heterocycles. The minimum atomic E-state index is -1.20. The number of H-pyrrole nitrogens is 1. The number of hydrogen-bond acceptors (Lipinski definition) is 7. The number of carbonyl (C=O) groups excluding carboxylic acids is 6. The normalized spacial score (nSPS) is 20.9. The third-order valence-corrected chi connectivity index (χ3v) is 9.70. The van der Waals surface area contributed by atoms with Gasteiger partial charge in [0.25, 0.3) is 0 Å². The third kappa shape index (κ3) is 11.8. The van der Waals surface area contributed by atoms with E-state index in [9.17, 15) is 28.8 Å². The van der Waals surface area contributed by atoms with Gasteiger partial charge in [0.1, 0.15) is 24.2 Å². The monoisotopic (exact) mass is 766 g/mol. The number of para-hydroxylation sites is 1. The van der Waals surface area contributed by atoms with Crippen LogP contribution in [0.3, 0.4) is 0 Å². The van der Waals surface area contributed by atoms with E-state index in [1.54, 1.807) is 6.20 Å². The standard InChI is InChI=1S/C40H50N10O6/c41-36(53)30-12-5-6-18-44-34(51)16-17-35(52)47-32(21-24-14-15-25-8-1-2-9-26(25)20-24)38(55)49-31(13-7-19-45-40(42)43)37(54)50-33(39(56)48-30)22-27-23-46-29-11-4-3-10-28(27)29/h1-4,8-11,14-15,20,23,30-33,46H,5-7,12-13,16-19,21-22H2,(H2,41,53)(H,44,51)(H,47,52)(H,48,56)(H,49,55)(H,50,54)(H4,42,43,45)/t30-,31-,32-,33-/m0/s1. The molecule has 0 bridgehead atoms. The molecule has 1 saturated heterocycles. The molecule has 2 heterocycles. The van der Waals surface area contributed by atoms with E-state index in [0.717, 1.165) is 32.8 Å². The van der Waals surface area contributed by atoms with Crippen LogP contribution in [0.5, 0.6) is 0 Å². The lowest BCUT2D eigenvalue weighted by molar-refractivity contribution is -0.134. The molecule has 6 amide bonds. The van der Waals surface area contributed by atoms with E-state index >= 15 is 0 Å². The summed E-state index contributed by atoms with van der Waals surface area (Å²) in [5.41, 5.74) is 19.0. The molecule has 296 valence electrons. The Labute approximate surface area is 324 Å². The molecule has 12 N–H and O–H groups in total. The maximum atomic E-state index is 14.2. The summed E-state index contributed by atoms with van der Waals surface area (Å²) >= 11 is 0. The smallest absolute Gasteiger partial charge is 0.243 e. The van der Waals surface area contributed by atoms with Crippen molar-refractivity contribution in [3.63, 3.8) is 0 Å². The average Bonchev–Trinajstić information content (AvgIpc) is 3.58. The summed E-state index contributed by atoms with van der Waals surface area (Å²) in [6, 6.07) is 16.3. The van der Waals surface area contributed by atoms with Gasteiger partial charge in [0.05, 0.1) is 0 Å². The molecule has 3 aromatic carbocycles. The van der Waals surface area contributed by atoms with Gasteiger partial charge in [-0.15, -0.1) is 0 Å². The molecule has 1 aliphatic rings. The number of fused-ring (bicyclic) bond motifs is 2. The number of carbonyl (C=O) groups is 6. The Morgan fingerprint density at radius 3 is 2.18 bits per heavy atom. The van der Waals surface area contributed by atoms with Crippen LogP contribution in [-0.2, 0) is 41.6 Å². The topological polar surface area (TPSA) is 269 Å². The number of aliphatic imine (C=N–C) groups is 1. The van der Waals surface area contributed by atoms with E-state index in [2.05, 4.69) is 36.6 Å². The van der Waals surface area contributed by atoms with Gasteiger partial charge in [-0.3, -0.25) is 33.8 Å². The van der Waals surface area contributed by atoms with Gasteiger partial charge in [0, 0.05) is 55.9 Å². The predicted octanol–water partition coefficient (Wildman–Crippen LogP) is 0.665. The van der Waals surface area contributed by atoms with E-state index in [-0.39, 0.29) is 69.9 Å². The van der Waals surface area contributed by atoms with Gasteiger partial charge in [0.2, 0.25) is 35.4 Å². The minimum absolute atomic E-state index is 0.0361. The van der Waals surface area contributed by atoms with Crippen LogP contribution >= 0.6 is 0 Å². The van der Waals surface area contributed by atoms with Gasteiger partial charge in [-0.25, -0.2) is 0 Å². The van der Waals surface area contributed by atoms with Gasteiger partial charge in [-0.1, -0.05) is 60.7 Å². The highest BCUT2D eigenvalue weighted by Gasteiger charge is 2.32. The zero-order chi connectivity index (χ0) is 40.0. The molecule has 1 aliphatic heterocycles. The number of aromatic amines is 1. The number of rotatable bonds is 9. The number of guanidine groups is 1. The number of amides is 6. The molecule has 0 radical (unpaired) electrons. The molecule has 1 fully saturated rings. The Morgan fingerprint density at radius 2 is 1.39 bits per heavy atom. The number of hydrogen-bond donors (Lipinski definition) is 9. The van der Waals surface area contributed by atoms with Gasteiger partial charge in [0.15, 0.2) is 5.96 Å². The molecule has 16 nitrogen and oxygen atoms in total. The fourth-order valence-corrected chi connectivity index (χ4v) is 6.70. The molecular weight excluding hydrogens is 717 g/mol. The molecule has 4 atom stereocenters. The lowest BCUT2D eigenvalue weighted by Gasteiger charge is -2.26. The Balaban J connectivity index is 1.47. The van der Waals surface area contributed by atoms with Crippen molar-refractivity contribution in [2.45, 2.75) is 82.0 Å². The van der Waals surface area contributed by atoms with Crippen molar-refractivity contribution < 1.29 is 28.8 Å². The van der Waals surface area contributed by atoms with Crippen LogP contribution in [0.1, 0.15) is 56.1 Å². The van der Waals surface area contributed by atoms with E-state index in [1.807, 2.05) is 66.7 Å². The summed E-state index contributed by atoms with van der Waals surface area (Å²) in [6.45, 7) is 0.428. The molecule has 4 aromatic rings. The highest BCUT2D eigenvalue weighted by molar-refractivity contribution is 5.96. The van der Waals surface area contributed by atoms with Gasteiger partial charge in [-0.2, -0.15) is 0 Å². The Kier molecular flexibility index (Phi) is 14.4. The molecule has 16 heteroatoms. The first-order chi connectivity index (χ1) is 27.0. The van der Waals surface area contributed by atoms with Crippen LogP contribution < -0.4 is 43.8 Å². The van der Waals surface area contributed by atoms with Crippen molar-refractivity contribution in [2.24, 2.45) is 22.2 Å². The second kappa shape index (κ2) is 19.8. The minimum Gasteiger partial charge on any atom is -0.370 e. The van der Waals surface area contributed by atoms with E-state index in [4.69, 9.17) is 17.2 Å². The molecule has 0 spiro atoms. The van der Waals surface area contributed by atoms with Crippen LogP contribution in [0.15, 0.2) is 77.9 Å². The second-order valence-electron chi connectivity index (χ2n) is 13.9. The number of nitrogens with two attached hydrogens (primary N) is 3. The molecule has 0 saturated carbocycles. The summed E-state index contributed by atoms with van der Waals surface area (Å²) in [5.74, 6) is -3.76. The number of nitrogens with zero attached hydrogens (tertiary/aromatic N) is 1. The zero-order valence-corrected chi connectivity index (χ0v) is 31.1. The largest absolute Gasteiger partial charge is 0.370 e. The molecule has 56 heavy (non-hydrogen) atoms. The van der Waals surface area contributed by atoms with Crippen LogP contribution in [0, 0.1) is 0 Å². The predicted molar refractivity (Wildman–Crippen MR) is 213 cm³/mol. The van der Waals surface area contributed by atoms with Crippen molar-refractivity contribution in [1.82, 2.24) is 31.6 Å². The number of nitrogens with one attached hydrogen (secondary N) is 6. The molecule has 5 rings (SSSR count). The highest BCUT2D eigenvalue weighted by atomic mass is 16.2. The van der Waals surface area contributed by atoms with Crippen LogP contribution in [0.4, 0.5) is 0 Å². The number of aromatic nitrogens is 1. The summed E-state index contributed by atoms with van der Waals surface area (Å²) in [6.07, 6.45) is 3.00. The van der Waals surface area contributed by atoms with Crippen LogP contribution in [0.2, 0.25) is 0 Å². The third-order valence-electron chi connectivity index (χ3n) is 9.70. The SMILES string of the molecule is NC(=O)[C@@H]1CCCCNC(=O)CCC(=O)N[C@@H](Cc2ccc3ccccc3c2)C(=O)N[C@@H](CCCN=C(N)N)C(=O)N[C@@H](Cc2c[nH]c3ccccc23)C(=O)N1. The molecular formula is C40H50N10O6. The number of benzene rings is 3. The van der Waals surface area contributed by atoms with Gasteiger partial charge in [-0.05, 0) is 60.1 Å². The summed E-state index contributed by atoms with van der Waals surface area (Å²) in [4.78, 5) is 87.8. The lowest BCUT2D eigenvalue weighted by Crippen LogP contribution is -2.58. The molecule has 0 unspecified atom stereocenters. The van der Waals surface area contributed by atoms with Crippen molar-refractivity contribution in [3.8, 4) is 0 Å². The van der Waals surface area contributed by atoms with Crippen LogP contribution in [-0.4, -0.2) is 83.6 Å². The fourth-order valence-electron chi connectivity index (χ4n) is 6.70.